The summed E-state index contributed by atoms with van der Waals surface area (Å²) < 4.78 is 33.1. The molecule has 0 atom stereocenters. The number of furan rings is 1. The number of nitrogens with zero attached hydrogens (tertiary/aromatic N) is 1. The quantitative estimate of drug-likeness (QED) is 0.339. The number of hydrogen-bond donors (Lipinski definition) is 1. The van der Waals surface area contributed by atoms with Crippen LogP contribution in [0.4, 0.5) is 0 Å². The van der Waals surface area contributed by atoms with E-state index < -0.39 is 10.0 Å². The molecule has 0 radical (unpaired) electrons. The van der Waals surface area contributed by atoms with Crippen molar-refractivity contribution in [1.29, 1.82) is 0 Å². The van der Waals surface area contributed by atoms with E-state index in [9.17, 15) is 13.2 Å². The summed E-state index contributed by atoms with van der Waals surface area (Å²) in [7, 11) is -3.67. The zero-order valence-corrected chi connectivity index (χ0v) is 18.9. The average molecular weight is 477 g/mol. The van der Waals surface area contributed by atoms with E-state index in [1.807, 2.05) is 6.07 Å². The molecule has 2 heterocycles. The van der Waals surface area contributed by atoms with Gasteiger partial charge < -0.3 is 9.32 Å². The topological polar surface area (TPSA) is 79.6 Å². The van der Waals surface area contributed by atoms with Crippen molar-refractivity contribution in [3.05, 3.63) is 94.1 Å². The van der Waals surface area contributed by atoms with Gasteiger partial charge in [-0.15, -0.1) is 17.9 Å². The molecule has 0 aliphatic rings. The molecule has 0 aliphatic carbocycles. The number of thiophene rings is 1. The molecule has 9 heteroatoms. The highest BCUT2D eigenvalue weighted by molar-refractivity contribution is 7.89. The van der Waals surface area contributed by atoms with E-state index in [0.717, 1.165) is 4.88 Å². The van der Waals surface area contributed by atoms with Gasteiger partial charge in [0, 0.05) is 17.5 Å². The number of rotatable bonds is 10. The van der Waals surface area contributed by atoms with E-state index in [4.69, 9.17) is 16.0 Å². The van der Waals surface area contributed by atoms with Crippen molar-refractivity contribution in [2.24, 2.45) is 0 Å². The zero-order valence-electron chi connectivity index (χ0n) is 16.5. The van der Waals surface area contributed by atoms with Gasteiger partial charge in [0.25, 0.3) is 0 Å². The maximum absolute atomic E-state index is 12.6. The predicted octanol–water partition coefficient (Wildman–Crippen LogP) is 4.70. The van der Waals surface area contributed by atoms with Crippen LogP contribution in [0, 0.1) is 0 Å². The van der Waals surface area contributed by atoms with Crippen molar-refractivity contribution >= 4 is 44.9 Å². The van der Waals surface area contributed by atoms with Crippen molar-refractivity contribution < 1.29 is 17.6 Å². The standard InChI is InChI=1S/C22H21ClN2O4S2/c1-2-13-25(16-19-8-11-21(23)30-19)22(26)12-7-17-5-9-20(10-6-17)31(27,28)24-15-18-4-3-14-29-18/h2-12,14,24H,1,13,15-16H2. The molecule has 0 bridgehead atoms. The Kier molecular flexibility index (Phi) is 7.86. The van der Waals surface area contributed by atoms with Crippen molar-refractivity contribution in [3.63, 3.8) is 0 Å². The number of benzene rings is 1. The van der Waals surface area contributed by atoms with E-state index in [1.165, 1.54) is 35.8 Å². The van der Waals surface area contributed by atoms with Crippen molar-refractivity contribution in [3.8, 4) is 0 Å². The third kappa shape index (κ3) is 6.67. The smallest absolute Gasteiger partial charge is 0.247 e. The highest BCUT2D eigenvalue weighted by Crippen LogP contribution is 2.23. The van der Waals surface area contributed by atoms with Gasteiger partial charge in [0.2, 0.25) is 15.9 Å². The van der Waals surface area contributed by atoms with E-state index >= 15 is 0 Å². The molecule has 1 aromatic carbocycles. The van der Waals surface area contributed by atoms with Crippen molar-refractivity contribution in [2.75, 3.05) is 6.54 Å². The summed E-state index contributed by atoms with van der Waals surface area (Å²) in [5.74, 6) is 0.344. The van der Waals surface area contributed by atoms with Gasteiger partial charge in [-0.05, 0) is 48.0 Å². The minimum atomic E-state index is -3.67. The molecule has 0 aliphatic heterocycles. The molecule has 6 nitrogen and oxygen atoms in total. The van der Waals surface area contributed by atoms with E-state index in [2.05, 4.69) is 11.3 Å². The summed E-state index contributed by atoms with van der Waals surface area (Å²) in [5, 5.41) is 0. The van der Waals surface area contributed by atoms with Crippen LogP contribution in [0.2, 0.25) is 4.34 Å². The summed E-state index contributed by atoms with van der Waals surface area (Å²) in [4.78, 5) is 15.3. The Hall–Kier alpha value is -2.65. The van der Waals surface area contributed by atoms with Crippen LogP contribution in [0.1, 0.15) is 16.2 Å². The fourth-order valence-corrected chi connectivity index (χ4v) is 4.80. The van der Waals surface area contributed by atoms with Crippen molar-refractivity contribution in [1.82, 2.24) is 9.62 Å². The second-order valence-electron chi connectivity index (χ2n) is 6.52. The lowest BCUT2D eigenvalue weighted by molar-refractivity contribution is -0.126. The number of amides is 1. The van der Waals surface area contributed by atoms with Gasteiger partial charge in [-0.2, -0.15) is 0 Å². The number of carbonyl (C=O) groups excluding carboxylic acids is 1. The number of sulfonamides is 1. The minimum Gasteiger partial charge on any atom is -0.468 e. The lowest BCUT2D eigenvalue weighted by Crippen LogP contribution is -2.28. The number of carbonyl (C=O) groups is 1. The normalized spacial score (nSPS) is 11.6. The SMILES string of the molecule is C=CCN(Cc1ccc(Cl)s1)C(=O)C=Cc1ccc(S(=O)(=O)NCc2ccco2)cc1. The molecule has 3 aromatic rings. The first-order valence-corrected chi connectivity index (χ1v) is 12.0. The van der Waals surface area contributed by atoms with Gasteiger partial charge in [0.15, 0.2) is 0 Å². The second kappa shape index (κ2) is 10.6. The molecule has 0 saturated heterocycles. The molecule has 0 spiro atoms. The summed E-state index contributed by atoms with van der Waals surface area (Å²) >= 11 is 7.39. The van der Waals surface area contributed by atoms with Gasteiger partial charge >= 0.3 is 0 Å². The Bertz CT molecular complexity index is 1150. The van der Waals surface area contributed by atoms with Gasteiger partial charge in [0.05, 0.1) is 28.6 Å². The molecule has 2 aromatic heterocycles. The van der Waals surface area contributed by atoms with Gasteiger partial charge in [-0.1, -0.05) is 29.8 Å². The van der Waals surface area contributed by atoms with E-state index in [-0.39, 0.29) is 17.3 Å². The van der Waals surface area contributed by atoms with E-state index in [0.29, 0.717) is 28.7 Å². The predicted molar refractivity (Wildman–Crippen MR) is 123 cm³/mol. The minimum absolute atomic E-state index is 0.0695. The molecule has 3 rings (SSSR count). The molecule has 0 fully saturated rings. The van der Waals surface area contributed by atoms with Gasteiger partial charge in [-0.25, -0.2) is 13.1 Å². The Morgan fingerprint density at radius 2 is 1.97 bits per heavy atom. The Morgan fingerprint density at radius 1 is 1.19 bits per heavy atom. The maximum Gasteiger partial charge on any atom is 0.247 e. The van der Waals surface area contributed by atoms with Crippen LogP contribution in [0.5, 0.6) is 0 Å². The molecule has 162 valence electrons. The Balaban J connectivity index is 1.63. The summed E-state index contributed by atoms with van der Waals surface area (Å²) in [6, 6.07) is 13.3. The third-order valence-electron chi connectivity index (χ3n) is 4.26. The molecule has 31 heavy (non-hydrogen) atoms. The average Bonchev–Trinajstić information content (AvgIpc) is 3.42. The monoisotopic (exact) mass is 476 g/mol. The summed E-state index contributed by atoms with van der Waals surface area (Å²) in [6.07, 6.45) is 6.25. The highest BCUT2D eigenvalue weighted by Gasteiger charge is 2.14. The Labute approximate surface area is 190 Å². The fraction of sp³-hybridized carbons (Fsp3) is 0.136. The van der Waals surface area contributed by atoms with Gasteiger partial charge in [-0.3, -0.25) is 4.79 Å². The largest absolute Gasteiger partial charge is 0.468 e. The molecule has 0 unspecified atom stereocenters. The first-order valence-electron chi connectivity index (χ1n) is 9.31. The van der Waals surface area contributed by atoms with Crippen LogP contribution in [-0.2, 0) is 27.9 Å². The van der Waals surface area contributed by atoms with Crippen LogP contribution < -0.4 is 4.72 Å². The zero-order chi connectivity index (χ0) is 22.3. The molecule has 1 amide bonds. The van der Waals surface area contributed by atoms with Crippen molar-refractivity contribution in [2.45, 2.75) is 18.0 Å². The lowest BCUT2D eigenvalue weighted by Gasteiger charge is -2.18. The molecular formula is C22H21ClN2O4S2. The maximum atomic E-state index is 12.6. The Morgan fingerprint density at radius 3 is 2.58 bits per heavy atom. The molecule has 0 saturated carbocycles. The third-order valence-corrected chi connectivity index (χ3v) is 6.90. The molecule has 1 N–H and O–H groups in total. The van der Waals surface area contributed by atoms with E-state index in [1.54, 1.807) is 47.4 Å². The first-order chi connectivity index (χ1) is 14.9. The lowest BCUT2D eigenvalue weighted by atomic mass is 10.2. The summed E-state index contributed by atoms with van der Waals surface area (Å²) in [5.41, 5.74) is 0.705. The number of halogens is 1. The van der Waals surface area contributed by atoms with Crippen LogP contribution in [0.25, 0.3) is 6.08 Å². The second-order valence-corrected chi connectivity index (χ2v) is 10.1. The fourth-order valence-electron chi connectivity index (χ4n) is 2.71. The highest BCUT2D eigenvalue weighted by atomic mass is 35.5. The van der Waals surface area contributed by atoms with Crippen LogP contribution in [0.15, 0.2) is 82.8 Å². The number of nitrogens with one attached hydrogen (secondary N) is 1. The van der Waals surface area contributed by atoms with Crippen LogP contribution in [0.3, 0.4) is 0 Å². The van der Waals surface area contributed by atoms with Gasteiger partial charge in [0.1, 0.15) is 5.76 Å². The van der Waals surface area contributed by atoms with Crippen LogP contribution in [-0.4, -0.2) is 25.8 Å². The molecular weight excluding hydrogens is 456 g/mol. The van der Waals surface area contributed by atoms with Crippen LogP contribution >= 0.6 is 22.9 Å². The first kappa shape index (κ1) is 23.0. The number of hydrogen-bond acceptors (Lipinski definition) is 5. The summed E-state index contributed by atoms with van der Waals surface area (Å²) in [6.45, 7) is 4.61.